The molecule has 0 heterocycles. The molecule has 4 aromatic carbocycles. The summed E-state index contributed by atoms with van der Waals surface area (Å²) in [4.78, 5) is 11.1. The Morgan fingerprint density at radius 3 is 2.46 bits per heavy atom. The van der Waals surface area contributed by atoms with Crippen LogP contribution in [0.1, 0.15) is 5.56 Å². The summed E-state index contributed by atoms with van der Waals surface area (Å²) in [6, 6.07) is 29.5. The van der Waals surface area contributed by atoms with Gasteiger partial charge in [-0.3, -0.25) is 0 Å². The molecule has 0 bridgehead atoms. The van der Waals surface area contributed by atoms with Crippen LogP contribution in [0.5, 0.6) is 5.75 Å². The molecule has 3 N–H and O–H groups in total. The molecule has 0 unspecified atom stereocenters. The van der Waals surface area contributed by atoms with Gasteiger partial charge in [0.05, 0.1) is 0 Å². The maximum absolute atomic E-state index is 11.1. The van der Waals surface area contributed by atoms with Gasteiger partial charge < -0.3 is 15.8 Å². The molecule has 0 aromatic heterocycles. The summed E-state index contributed by atoms with van der Waals surface area (Å²) in [6.45, 7) is 0.464. The Kier molecular flexibility index (Phi) is 4.93. The molecular formula is C24H20N2O2. The van der Waals surface area contributed by atoms with E-state index in [4.69, 9.17) is 10.5 Å². The second-order valence-electron chi connectivity index (χ2n) is 6.49. The van der Waals surface area contributed by atoms with Crippen LogP contribution in [0.25, 0.3) is 21.9 Å². The zero-order valence-corrected chi connectivity index (χ0v) is 15.3. The van der Waals surface area contributed by atoms with Crippen molar-refractivity contribution in [2.45, 2.75) is 6.61 Å². The molecular weight excluding hydrogens is 348 g/mol. The van der Waals surface area contributed by atoms with Gasteiger partial charge in [0.2, 0.25) is 0 Å². The van der Waals surface area contributed by atoms with Crippen molar-refractivity contribution < 1.29 is 9.53 Å². The largest absolute Gasteiger partial charge is 0.488 e. The van der Waals surface area contributed by atoms with E-state index in [1.54, 1.807) is 0 Å². The predicted octanol–water partition coefficient (Wildman–Crippen LogP) is 5.58. The highest BCUT2D eigenvalue weighted by atomic mass is 16.5. The fraction of sp³-hybridized carbons (Fsp3) is 0.0417. The number of ether oxygens (including phenoxy) is 1. The van der Waals surface area contributed by atoms with Gasteiger partial charge in [-0.05, 0) is 46.3 Å². The van der Waals surface area contributed by atoms with Crippen LogP contribution in [0.15, 0.2) is 91.0 Å². The molecule has 0 aliphatic carbocycles. The van der Waals surface area contributed by atoms with Gasteiger partial charge in [0.1, 0.15) is 12.4 Å². The fourth-order valence-electron chi connectivity index (χ4n) is 3.30. The van der Waals surface area contributed by atoms with Gasteiger partial charge in [0.15, 0.2) is 0 Å². The minimum absolute atomic E-state index is 0.464. The molecule has 2 amide bonds. The lowest BCUT2D eigenvalue weighted by Gasteiger charge is -2.13. The van der Waals surface area contributed by atoms with Crippen LogP contribution in [0.4, 0.5) is 10.5 Å². The standard InChI is InChI=1S/C24H20N2O2/c25-24(27)26-20-13-14-22-18(15-20)10-6-12-23(22)28-16-19-9-4-5-11-21(19)17-7-2-1-3-8-17/h1-15H,16H2,(H3,25,26,27). The zero-order valence-electron chi connectivity index (χ0n) is 15.3. The van der Waals surface area contributed by atoms with Crippen LogP contribution in [-0.2, 0) is 6.61 Å². The number of benzene rings is 4. The number of carbonyl (C=O) groups is 1. The van der Waals surface area contributed by atoms with E-state index in [-0.39, 0.29) is 0 Å². The van der Waals surface area contributed by atoms with E-state index in [0.717, 1.165) is 27.6 Å². The number of urea groups is 1. The van der Waals surface area contributed by atoms with Crippen molar-refractivity contribution >= 4 is 22.5 Å². The van der Waals surface area contributed by atoms with Gasteiger partial charge in [-0.2, -0.15) is 0 Å². The third-order valence-corrected chi connectivity index (χ3v) is 4.59. The quantitative estimate of drug-likeness (QED) is 0.483. The molecule has 4 rings (SSSR count). The smallest absolute Gasteiger partial charge is 0.316 e. The van der Waals surface area contributed by atoms with Crippen molar-refractivity contribution in [2.75, 3.05) is 5.32 Å². The number of rotatable bonds is 5. The van der Waals surface area contributed by atoms with Gasteiger partial charge in [-0.15, -0.1) is 0 Å². The molecule has 0 saturated carbocycles. The first-order valence-corrected chi connectivity index (χ1v) is 9.06. The third-order valence-electron chi connectivity index (χ3n) is 4.59. The SMILES string of the molecule is NC(=O)Nc1ccc2c(OCc3ccccc3-c3ccccc3)cccc2c1. The monoisotopic (exact) mass is 368 g/mol. The molecule has 0 aliphatic heterocycles. The highest BCUT2D eigenvalue weighted by Crippen LogP contribution is 2.30. The Morgan fingerprint density at radius 2 is 1.64 bits per heavy atom. The van der Waals surface area contributed by atoms with Crippen molar-refractivity contribution in [2.24, 2.45) is 5.73 Å². The average molecular weight is 368 g/mol. The van der Waals surface area contributed by atoms with Crippen molar-refractivity contribution in [3.05, 3.63) is 96.6 Å². The minimum atomic E-state index is -0.579. The Bertz CT molecular complexity index is 1120. The molecule has 28 heavy (non-hydrogen) atoms. The summed E-state index contributed by atoms with van der Waals surface area (Å²) in [5.74, 6) is 0.797. The van der Waals surface area contributed by atoms with Gasteiger partial charge in [0, 0.05) is 11.1 Å². The van der Waals surface area contributed by atoms with Crippen molar-refractivity contribution in [1.82, 2.24) is 0 Å². The number of nitrogens with one attached hydrogen (secondary N) is 1. The van der Waals surface area contributed by atoms with E-state index < -0.39 is 6.03 Å². The summed E-state index contributed by atoms with van der Waals surface area (Å²) in [5.41, 5.74) is 9.31. The third kappa shape index (κ3) is 3.81. The van der Waals surface area contributed by atoms with Crippen molar-refractivity contribution in [3.63, 3.8) is 0 Å². The second kappa shape index (κ2) is 7.84. The lowest BCUT2D eigenvalue weighted by Crippen LogP contribution is -2.19. The van der Waals surface area contributed by atoms with Crippen LogP contribution in [-0.4, -0.2) is 6.03 Å². The van der Waals surface area contributed by atoms with E-state index in [1.165, 1.54) is 5.56 Å². The number of primary amides is 1. The maximum Gasteiger partial charge on any atom is 0.316 e. The van der Waals surface area contributed by atoms with Crippen molar-refractivity contribution in [1.29, 1.82) is 0 Å². The topological polar surface area (TPSA) is 64.4 Å². The van der Waals surface area contributed by atoms with E-state index in [2.05, 4.69) is 29.6 Å². The summed E-state index contributed by atoms with van der Waals surface area (Å²) < 4.78 is 6.18. The summed E-state index contributed by atoms with van der Waals surface area (Å²) in [5, 5.41) is 4.55. The van der Waals surface area contributed by atoms with Crippen molar-refractivity contribution in [3.8, 4) is 16.9 Å². The predicted molar refractivity (Wildman–Crippen MR) is 113 cm³/mol. The first-order chi connectivity index (χ1) is 13.7. The number of nitrogens with two attached hydrogens (primary N) is 1. The van der Waals surface area contributed by atoms with E-state index >= 15 is 0 Å². The lowest BCUT2D eigenvalue weighted by molar-refractivity contribution is 0.259. The number of carbonyl (C=O) groups excluding carboxylic acids is 1. The van der Waals surface area contributed by atoms with Crippen LogP contribution in [0.3, 0.4) is 0 Å². The average Bonchev–Trinajstić information content (AvgIpc) is 2.72. The normalized spacial score (nSPS) is 10.6. The fourth-order valence-corrected chi connectivity index (χ4v) is 3.30. The number of hydrogen-bond acceptors (Lipinski definition) is 2. The van der Waals surface area contributed by atoms with E-state index in [0.29, 0.717) is 12.3 Å². The lowest BCUT2D eigenvalue weighted by atomic mass is 10.0. The number of fused-ring (bicyclic) bond motifs is 1. The molecule has 4 aromatic rings. The Hall–Kier alpha value is -3.79. The Balaban J connectivity index is 1.61. The molecule has 0 spiro atoms. The van der Waals surface area contributed by atoms with Gasteiger partial charge in [-0.1, -0.05) is 66.7 Å². The Labute approximate surface area is 163 Å². The summed E-state index contributed by atoms with van der Waals surface area (Å²) in [7, 11) is 0. The summed E-state index contributed by atoms with van der Waals surface area (Å²) in [6.07, 6.45) is 0. The first-order valence-electron chi connectivity index (χ1n) is 9.06. The molecule has 0 saturated heterocycles. The van der Waals surface area contributed by atoms with Gasteiger partial charge in [-0.25, -0.2) is 4.79 Å². The van der Waals surface area contributed by atoms with Crippen LogP contribution in [0.2, 0.25) is 0 Å². The maximum atomic E-state index is 11.1. The molecule has 0 atom stereocenters. The molecule has 0 fully saturated rings. The van der Waals surface area contributed by atoms with Crippen LogP contribution in [0, 0.1) is 0 Å². The summed E-state index contributed by atoms with van der Waals surface area (Å²) >= 11 is 0. The number of anilines is 1. The highest BCUT2D eigenvalue weighted by Gasteiger charge is 2.08. The molecule has 0 aliphatic rings. The van der Waals surface area contributed by atoms with E-state index in [9.17, 15) is 4.79 Å². The Morgan fingerprint density at radius 1 is 0.857 bits per heavy atom. The zero-order chi connectivity index (χ0) is 19.3. The molecule has 4 nitrogen and oxygen atoms in total. The minimum Gasteiger partial charge on any atom is -0.488 e. The molecule has 0 radical (unpaired) electrons. The molecule has 4 heteroatoms. The van der Waals surface area contributed by atoms with Crippen LogP contribution < -0.4 is 15.8 Å². The van der Waals surface area contributed by atoms with Gasteiger partial charge in [0.25, 0.3) is 0 Å². The highest BCUT2D eigenvalue weighted by molar-refractivity contribution is 5.95. The number of hydrogen-bond donors (Lipinski definition) is 2. The van der Waals surface area contributed by atoms with Crippen LogP contribution >= 0.6 is 0 Å². The van der Waals surface area contributed by atoms with Gasteiger partial charge >= 0.3 is 6.03 Å². The molecule has 138 valence electrons. The second-order valence-corrected chi connectivity index (χ2v) is 6.49. The first kappa shape index (κ1) is 17.6. The van der Waals surface area contributed by atoms with E-state index in [1.807, 2.05) is 66.7 Å². The number of amides is 2.